The highest BCUT2D eigenvalue weighted by Gasteiger charge is 2.35. The molecule has 0 bridgehead atoms. The van der Waals surface area contributed by atoms with E-state index in [4.69, 9.17) is 4.74 Å². The Labute approximate surface area is 161 Å². The van der Waals surface area contributed by atoms with E-state index >= 15 is 0 Å². The van der Waals surface area contributed by atoms with Crippen LogP contribution in [0, 0.1) is 5.41 Å². The molecule has 0 aromatic heterocycles. The van der Waals surface area contributed by atoms with Crippen LogP contribution in [-0.2, 0) is 22.4 Å². The minimum atomic E-state index is -1.18. The maximum absolute atomic E-state index is 12.6. The molecule has 2 aromatic carbocycles. The van der Waals surface area contributed by atoms with Gasteiger partial charge in [0.1, 0.15) is 11.2 Å². The lowest BCUT2D eigenvalue weighted by molar-refractivity contribution is -0.138. The quantitative estimate of drug-likeness (QED) is 0.700. The molecule has 0 spiro atoms. The molecular weight excluding hydrogens is 340 g/mol. The van der Waals surface area contributed by atoms with E-state index in [1.54, 1.807) is 21.0 Å². The molecule has 2 amide bonds. The maximum Gasteiger partial charge on any atom is 0.239 e. The van der Waals surface area contributed by atoms with Crippen LogP contribution >= 0.6 is 0 Å². The predicted molar refractivity (Wildman–Crippen MR) is 108 cm³/mol. The number of ether oxygens (including phenoxy) is 1. The number of methoxy groups -OCH3 is 1. The summed E-state index contributed by atoms with van der Waals surface area (Å²) in [6.07, 6.45) is 1.57. The molecule has 5 nitrogen and oxygen atoms in total. The van der Waals surface area contributed by atoms with Crippen molar-refractivity contribution >= 4 is 17.5 Å². The molecule has 27 heavy (non-hydrogen) atoms. The molecule has 0 aliphatic carbocycles. The third-order valence-electron chi connectivity index (χ3n) is 4.63. The largest absolute Gasteiger partial charge is 0.496 e. The number of carbonyl (C=O) groups is 2. The number of carbonyl (C=O) groups excluding carboxylic acids is 2. The Morgan fingerprint density at radius 3 is 2.30 bits per heavy atom. The number of hydrogen-bond acceptors (Lipinski definition) is 3. The van der Waals surface area contributed by atoms with Gasteiger partial charge in [-0.1, -0.05) is 37.3 Å². The summed E-state index contributed by atoms with van der Waals surface area (Å²) in [5.74, 6) is 0.154. The number of nitrogens with one attached hydrogen (secondary N) is 2. The van der Waals surface area contributed by atoms with E-state index in [0.29, 0.717) is 18.7 Å². The number of anilines is 1. The zero-order valence-corrected chi connectivity index (χ0v) is 16.5. The van der Waals surface area contributed by atoms with Crippen LogP contribution in [0.4, 0.5) is 5.69 Å². The molecule has 0 aliphatic rings. The van der Waals surface area contributed by atoms with Crippen LogP contribution in [0.5, 0.6) is 5.75 Å². The summed E-state index contributed by atoms with van der Waals surface area (Å²) in [7, 11) is 1.62. The van der Waals surface area contributed by atoms with E-state index in [9.17, 15) is 9.59 Å². The van der Waals surface area contributed by atoms with Gasteiger partial charge in [-0.25, -0.2) is 0 Å². The van der Waals surface area contributed by atoms with Crippen molar-refractivity contribution in [3.05, 3.63) is 59.7 Å². The highest BCUT2D eigenvalue weighted by atomic mass is 16.5. The van der Waals surface area contributed by atoms with Crippen LogP contribution < -0.4 is 15.4 Å². The van der Waals surface area contributed by atoms with Crippen LogP contribution in [-0.4, -0.2) is 25.5 Å². The van der Waals surface area contributed by atoms with E-state index in [1.807, 2.05) is 48.5 Å². The van der Waals surface area contributed by atoms with Crippen LogP contribution in [0.2, 0.25) is 0 Å². The molecule has 2 aromatic rings. The average molecular weight is 368 g/mol. The van der Waals surface area contributed by atoms with E-state index in [2.05, 4.69) is 17.6 Å². The topological polar surface area (TPSA) is 67.4 Å². The minimum Gasteiger partial charge on any atom is -0.496 e. The summed E-state index contributed by atoms with van der Waals surface area (Å²) in [5.41, 5.74) is 1.72. The normalized spacial score (nSPS) is 11.0. The van der Waals surface area contributed by atoms with Crippen LogP contribution in [0.15, 0.2) is 48.5 Å². The summed E-state index contributed by atoms with van der Waals surface area (Å²) in [6.45, 7) is 5.76. The van der Waals surface area contributed by atoms with Gasteiger partial charge in [-0.15, -0.1) is 0 Å². The molecular formula is C22H28N2O3. The van der Waals surface area contributed by atoms with Crippen molar-refractivity contribution in [2.75, 3.05) is 19.0 Å². The van der Waals surface area contributed by atoms with Crippen LogP contribution in [0.25, 0.3) is 0 Å². The lowest BCUT2D eigenvalue weighted by atomic mass is 9.90. The first-order chi connectivity index (χ1) is 12.9. The monoisotopic (exact) mass is 368 g/mol. The second-order valence-electron chi connectivity index (χ2n) is 6.95. The molecule has 0 saturated heterocycles. The summed E-state index contributed by atoms with van der Waals surface area (Å²) in [4.78, 5) is 25.1. The predicted octanol–water partition coefficient (Wildman–Crippen LogP) is 3.58. The fraction of sp³-hybridized carbons (Fsp3) is 0.364. The van der Waals surface area contributed by atoms with Crippen molar-refractivity contribution in [3.63, 3.8) is 0 Å². The minimum absolute atomic E-state index is 0.305. The SMILES string of the molecule is CCc1ccc(NC(=O)C(C)(C)C(=O)NCCc2ccccc2OC)cc1. The molecule has 0 fully saturated rings. The highest BCUT2D eigenvalue weighted by molar-refractivity contribution is 6.09. The van der Waals surface area contributed by atoms with Crippen LogP contribution in [0.3, 0.4) is 0 Å². The van der Waals surface area contributed by atoms with E-state index in [0.717, 1.165) is 17.7 Å². The Balaban J connectivity index is 1.91. The lowest BCUT2D eigenvalue weighted by Crippen LogP contribution is -2.45. The fourth-order valence-corrected chi connectivity index (χ4v) is 2.66. The zero-order valence-electron chi connectivity index (χ0n) is 16.5. The van der Waals surface area contributed by atoms with Gasteiger partial charge < -0.3 is 15.4 Å². The fourth-order valence-electron chi connectivity index (χ4n) is 2.66. The van der Waals surface area contributed by atoms with Crippen molar-refractivity contribution in [2.24, 2.45) is 5.41 Å². The molecule has 0 radical (unpaired) electrons. The number of rotatable bonds is 8. The van der Waals surface area contributed by atoms with Crippen molar-refractivity contribution in [3.8, 4) is 5.75 Å². The first kappa shape index (κ1) is 20.5. The summed E-state index contributed by atoms with van der Waals surface area (Å²) in [5, 5.41) is 5.67. The van der Waals surface area contributed by atoms with Crippen LogP contribution in [0.1, 0.15) is 31.9 Å². The number of amides is 2. The van der Waals surface area contributed by atoms with Gasteiger partial charge in [-0.3, -0.25) is 9.59 Å². The third-order valence-corrected chi connectivity index (χ3v) is 4.63. The van der Waals surface area contributed by atoms with Gasteiger partial charge in [-0.2, -0.15) is 0 Å². The Morgan fingerprint density at radius 2 is 1.67 bits per heavy atom. The Kier molecular flexibility index (Phi) is 6.99. The standard InChI is InChI=1S/C22H28N2O3/c1-5-16-10-12-18(13-11-16)24-21(26)22(2,3)20(25)23-15-14-17-8-6-7-9-19(17)27-4/h6-13H,5,14-15H2,1-4H3,(H,23,25)(H,24,26). The highest BCUT2D eigenvalue weighted by Crippen LogP contribution is 2.20. The van der Waals surface area contributed by atoms with Gasteiger partial charge in [-0.05, 0) is 56.0 Å². The molecule has 2 rings (SSSR count). The van der Waals surface area contributed by atoms with E-state index in [-0.39, 0.29) is 11.8 Å². The number of hydrogen-bond donors (Lipinski definition) is 2. The molecule has 0 unspecified atom stereocenters. The Morgan fingerprint density at radius 1 is 1.00 bits per heavy atom. The van der Waals surface area contributed by atoms with E-state index < -0.39 is 5.41 Å². The molecule has 0 atom stereocenters. The second kappa shape index (κ2) is 9.21. The molecule has 144 valence electrons. The third kappa shape index (κ3) is 5.33. The second-order valence-corrected chi connectivity index (χ2v) is 6.95. The average Bonchev–Trinajstić information content (AvgIpc) is 2.68. The van der Waals surface area contributed by atoms with Gasteiger partial charge in [0, 0.05) is 12.2 Å². The van der Waals surface area contributed by atoms with Crippen molar-refractivity contribution in [1.29, 1.82) is 0 Å². The van der Waals surface area contributed by atoms with Gasteiger partial charge in [0.15, 0.2) is 0 Å². The molecule has 0 aliphatic heterocycles. The first-order valence-corrected chi connectivity index (χ1v) is 9.19. The summed E-state index contributed by atoms with van der Waals surface area (Å²) >= 11 is 0. The Bertz CT molecular complexity index is 782. The molecule has 2 N–H and O–H groups in total. The number of benzene rings is 2. The number of para-hydroxylation sites is 1. The number of aryl methyl sites for hydroxylation is 1. The Hall–Kier alpha value is -2.82. The maximum atomic E-state index is 12.6. The van der Waals surface area contributed by atoms with Gasteiger partial charge in [0.25, 0.3) is 0 Å². The zero-order chi connectivity index (χ0) is 19.9. The van der Waals surface area contributed by atoms with Crippen molar-refractivity contribution < 1.29 is 14.3 Å². The van der Waals surface area contributed by atoms with Gasteiger partial charge in [0.2, 0.25) is 11.8 Å². The van der Waals surface area contributed by atoms with Crippen molar-refractivity contribution in [2.45, 2.75) is 33.6 Å². The molecule has 5 heteroatoms. The summed E-state index contributed by atoms with van der Waals surface area (Å²) < 4.78 is 5.31. The van der Waals surface area contributed by atoms with Gasteiger partial charge in [0.05, 0.1) is 7.11 Å². The lowest BCUT2D eigenvalue weighted by Gasteiger charge is -2.23. The first-order valence-electron chi connectivity index (χ1n) is 9.19. The van der Waals surface area contributed by atoms with E-state index in [1.165, 1.54) is 5.56 Å². The van der Waals surface area contributed by atoms with Crippen molar-refractivity contribution in [1.82, 2.24) is 5.32 Å². The molecule has 0 heterocycles. The molecule has 0 saturated carbocycles. The van der Waals surface area contributed by atoms with Gasteiger partial charge >= 0.3 is 0 Å². The smallest absolute Gasteiger partial charge is 0.239 e. The summed E-state index contributed by atoms with van der Waals surface area (Å²) in [6, 6.07) is 15.3.